The van der Waals surface area contributed by atoms with Crippen molar-refractivity contribution in [3.63, 3.8) is 0 Å². The Morgan fingerprint density at radius 3 is 2.71 bits per heavy atom. The highest BCUT2D eigenvalue weighted by atomic mass is 16.2. The maximum Gasteiger partial charge on any atom is 0.230 e. The van der Waals surface area contributed by atoms with E-state index in [2.05, 4.69) is 40.0 Å². The predicted octanol–water partition coefficient (Wildman–Crippen LogP) is 4.19. The highest BCUT2D eigenvalue weighted by molar-refractivity contribution is 5.95. The number of rotatable bonds is 5. The summed E-state index contributed by atoms with van der Waals surface area (Å²) in [5.41, 5.74) is 3.25. The zero-order valence-electron chi connectivity index (χ0n) is 13.8. The number of anilines is 1. The van der Waals surface area contributed by atoms with E-state index < -0.39 is 0 Å². The fraction of sp³-hybridized carbons (Fsp3) is 0.300. The van der Waals surface area contributed by atoms with Gasteiger partial charge in [0.25, 0.3) is 0 Å². The Morgan fingerprint density at radius 2 is 1.92 bits per heavy atom. The van der Waals surface area contributed by atoms with Crippen LogP contribution in [0.1, 0.15) is 31.2 Å². The van der Waals surface area contributed by atoms with Gasteiger partial charge in [-0.3, -0.25) is 10.1 Å². The standard InChI is InChI=1S/C20H21N3O/c1-2-12-23-18-11-7-6-10-17(18)21-20(23)22-19(24)16-13-15(16)14-8-4-3-5-9-14/h3-11,15-16H,2,12-13H2,1H3,(H,21,22,24). The lowest BCUT2D eigenvalue weighted by Crippen LogP contribution is -2.18. The summed E-state index contributed by atoms with van der Waals surface area (Å²) in [6, 6.07) is 18.3. The lowest BCUT2D eigenvalue weighted by molar-refractivity contribution is -0.117. The lowest BCUT2D eigenvalue weighted by Gasteiger charge is -2.09. The Morgan fingerprint density at radius 1 is 1.17 bits per heavy atom. The topological polar surface area (TPSA) is 46.9 Å². The van der Waals surface area contributed by atoms with Crippen LogP contribution >= 0.6 is 0 Å². The number of nitrogens with zero attached hydrogens (tertiary/aromatic N) is 2. The minimum Gasteiger partial charge on any atom is -0.310 e. The summed E-state index contributed by atoms with van der Waals surface area (Å²) in [6.07, 6.45) is 1.92. The molecule has 0 aliphatic heterocycles. The molecule has 2 atom stereocenters. The summed E-state index contributed by atoms with van der Waals surface area (Å²) in [5.74, 6) is 1.15. The van der Waals surface area contributed by atoms with Crippen molar-refractivity contribution in [1.29, 1.82) is 0 Å². The van der Waals surface area contributed by atoms with Gasteiger partial charge in [0.2, 0.25) is 11.9 Å². The number of para-hydroxylation sites is 2. The van der Waals surface area contributed by atoms with E-state index in [0.717, 1.165) is 30.4 Å². The Labute approximate surface area is 141 Å². The number of imidazole rings is 1. The molecule has 1 amide bonds. The largest absolute Gasteiger partial charge is 0.310 e. The van der Waals surface area contributed by atoms with E-state index in [0.29, 0.717) is 11.9 Å². The second-order valence-corrected chi connectivity index (χ2v) is 6.42. The number of aryl methyl sites for hydroxylation is 1. The summed E-state index contributed by atoms with van der Waals surface area (Å²) in [6.45, 7) is 2.98. The Balaban J connectivity index is 1.54. The number of carbonyl (C=O) groups excluding carboxylic acids is 1. The number of aromatic nitrogens is 2. The van der Waals surface area contributed by atoms with Crippen molar-refractivity contribution in [3.8, 4) is 0 Å². The molecule has 0 radical (unpaired) electrons. The summed E-state index contributed by atoms with van der Waals surface area (Å²) in [4.78, 5) is 17.2. The van der Waals surface area contributed by atoms with E-state index in [9.17, 15) is 4.79 Å². The van der Waals surface area contributed by atoms with Gasteiger partial charge < -0.3 is 4.57 Å². The van der Waals surface area contributed by atoms with Crippen LogP contribution < -0.4 is 5.32 Å². The third-order valence-electron chi connectivity index (χ3n) is 4.69. The summed E-state index contributed by atoms with van der Waals surface area (Å²) < 4.78 is 2.10. The van der Waals surface area contributed by atoms with Gasteiger partial charge in [-0.2, -0.15) is 0 Å². The molecule has 0 saturated heterocycles. The van der Waals surface area contributed by atoms with Crippen molar-refractivity contribution in [2.75, 3.05) is 5.32 Å². The van der Waals surface area contributed by atoms with E-state index in [1.54, 1.807) is 0 Å². The van der Waals surface area contributed by atoms with Crippen LogP contribution in [-0.4, -0.2) is 15.5 Å². The van der Waals surface area contributed by atoms with Crippen LogP contribution in [0.25, 0.3) is 11.0 Å². The van der Waals surface area contributed by atoms with Gasteiger partial charge in [0.05, 0.1) is 11.0 Å². The highest BCUT2D eigenvalue weighted by Crippen LogP contribution is 2.47. The first-order valence-corrected chi connectivity index (χ1v) is 8.59. The third-order valence-corrected chi connectivity index (χ3v) is 4.69. The molecule has 4 heteroatoms. The molecule has 1 fully saturated rings. The van der Waals surface area contributed by atoms with Crippen molar-refractivity contribution in [2.24, 2.45) is 5.92 Å². The van der Waals surface area contributed by atoms with E-state index >= 15 is 0 Å². The van der Waals surface area contributed by atoms with Gasteiger partial charge in [-0.15, -0.1) is 0 Å². The molecule has 0 bridgehead atoms. The normalized spacial score (nSPS) is 19.4. The SMILES string of the molecule is CCCn1c(NC(=O)C2CC2c2ccccc2)nc2ccccc21. The first-order valence-electron chi connectivity index (χ1n) is 8.59. The van der Waals surface area contributed by atoms with Crippen molar-refractivity contribution in [3.05, 3.63) is 60.2 Å². The average Bonchev–Trinajstić information content (AvgIpc) is 3.35. The van der Waals surface area contributed by atoms with Gasteiger partial charge in [0.15, 0.2) is 0 Å². The Bertz CT molecular complexity index is 869. The summed E-state index contributed by atoms with van der Waals surface area (Å²) in [5, 5.41) is 3.06. The van der Waals surface area contributed by atoms with E-state index in [4.69, 9.17) is 0 Å². The van der Waals surface area contributed by atoms with Gasteiger partial charge in [-0.05, 0) is 36.5 Å². The van der Waals surface area contributed by atoms with Gasteiger partial charge >= 0.3 is 0 Å². The molecule has 4 rings (SSSR count). The fourth-order valence-corrected chi connectivity index (χ4v) is 3.38. The van der Waals surface area contributed by atoms with Crippen molar-refractivity contribution in [2.45, 2.75) is 32.2 Å². The van der Waals surface area contributed by atoms with Gasteiger partial charge in [-0.25, -0.2) is 4.98 Å². The number of benzene rings is 2. The number of hydrogen-bond donors (Lipinski definition) is 1. The third kappa shape index (κ3) is 2.68. The number of amides is 1. The molecule has 1 aliphatic rings. The monoisotopic (exact) mass is 319 g/mol. The van der Waals surface area contributed by atoms with Crippen LogP contribution in [0.2, 0.25) is 0 Å². The van der Waals surface area contributed by atoms with Crippen molar-refractivity contribution >= 4 is 22.9 Å². The smallest absolute Gasteiger partial charge is 0.230 e. The molecule has 2 unspecified atom stereocenters. The molecule has 4 nitrogen and oxygen atoms in total. The van der Waals surface area contributed by atoms with E-state index in [-0.39, 0.29) is 11.8 Å². The van der Waals surface area contributed by atoms with Gasteiger partial charge in [0, 0.05) is 12.5 Å². The second-order valence-electron chi connectivity index (χ2n) is 6.42. The second kappa shape index (κ2) is 6.11. The number of fused-ring (bicyclic) bond motifs is 1. The van der Waals surface area contributed by atoms with Gasteiger partial charge in [0.1, 0.15) is 0 Å². The molecular weight excluding hydrogens is 298 g/mol. The van der Waals surface area contributed by atoms with Crippen molar-refractivity contribution in [1.82, 2.24) is 9.55 Å². The maximum atomic E-state index is 12.6. The van der Waals surface area contributed by atoms with Crippen LogP contribution in [-0.2, 0) is 11.3 Å². The predicted molar refractivity (Wildman–Crippen MR) is 95.9 cm³/mol. The number of carbonyl (C=O) groups is 1. The lowest BCUT2D eigenvalue weighted by atomic mass is 10.1. The molecular formula is C20H21N3O. The number of hydrogen-bond acceptors (Lipinski definition) is 2. The molecule has 1 heterocycles. The first-order chi connectivity index (χ1) is 11.8. The van der Waals surface area contributed by atoms with Crippen LogP contribution in [0.4, 0.5) is 5.95 Å². The molecule has 3 aromatic rings. The highest BCUT2D eigenvalue weighted by Gasteiger charge is 2.44. The maximum absolute atomic E-state index is 12.6. The summed E-state index contributed by atoms with van der Waals surface area (Å²) >= 11 is 0. The molecule has 2 aromatic carbocycles. The molecule has 122 valence electrons. The quantitative estimate of drug-likeness (QED) is 0.766. The van der Waals surface area contributed by atoms with E-state index in [1.807, 2.05) is 36.4 Å². The zero-order chi connectivity index (χ0) is 16.5. The molecule has 0 spiro atoms. The van der Waals surface area contributed by atoms with Crippen LogP contribution in [0.15, 0.2) is 54.6 Å². The minimum atomic E-state index is 0.0577. The van der Waals surface area contributed by atoms with Crippen molar-refractivity contribution < 1.29 is 4.79 Å². The zero-order valence-corrected chi connectivity index (χ0v) is 13.8. The number of nitrogens with one attached hydrogen (secondary N) is 1. The Kier molecular flexibility index (Phi) is 3.81. The molecule has 1 aromatic heterocycles. The fourth-order valence-electron chi connectivity index (χ4n) is 3.38. The molecule has 24 heavy (non-hydrogen) atoms. The minimum absolute atomic E-state index is 0.0577. The molecule has 1 aliphatic carbocycles. The first kappa shape index (κ1) is 14.9. The van der Waals surface area contributed by atoms with E-state index in [1.165, 1.54) is 5.56 Å². The van der Waals surface area contributed by atoms with Crippen LogP contribution in [0, 0.1) is 5.92 Å². The van der Waals surface area contributed by atoms with Crippen LogP contribution in [0.3, 0.4) is 0 Å². The Hall–Kier alpha value is -2.62. The van der Waals surface area contributed by atoms with Crippen LogP contribution in [0.5, 0.6) is 0 Å². The molecule has 1 saturated carbocycles. The molecule has 1 N–H and O–H groups in total. The summed E-state index contributed by atoms with van der Waals surface area (Å²) in [7, 11) is 0. The van der Waals surface area contributed by atoms with Gasteiger partial charge in [-0.1, -0.05) is 49.4 Å². The average molecular weight is 319 g/mol.